The number of alkyl halides is 3. The van der Waals surface area contributed by atoms with Crippen LogP contribution in [0, 0.1) is 19.8 Å². The fourth-order valence-corrected chi connectivity index (χ4v) is 3.56. The number of likely N-dealkylation sites (tertiary alicyclic amines) is 1. The summed E-state index contributed by atoms with van der Waals surface area (Å²) >= 11 is 0. The SMILES string of the molecule is Cc1ccc(NC(=O)CN2CCC(C(=O)Nc3ccc(C(F)(F)F)cc3)CC2)cc1C. The van der Waals surface area contributed by atoms with Crippen LogP contribution in [0.5, 0.6) is 0 Å². The molecule has 2 aromatic carbocycles. The lowest BCUT2D eigenvalue weighted by Crippen LogP contribution is -2.41. The summed E-state index contributed by atoms with van der Waals surface area (Å²) in [6, 6.07) is 10.2. The summed E-state index contributed by atoms with van der Waals surface area (Å²) in [4.78, 5) is 26.8. The zero-order valence-corrected chi connectivity index (χ0v) is 17.6. The third-order valence-electron chi connectivity index (χ3n) is 5.60. The molecule has 1 aliphatic heterocycles. The quantitative estimate of drug-likeness (QED) is 0.724. The first-order chi connectivity index (χ1) is 14.6. The fraction of sp³-hybridized carbons (Fsp3) is 0.391. The number of halogens is 3. The molecule has 1 aliphatic rings. The summed E-state index contributed by atoms with van der Waals surface area (Å²) in [5.74, 6) is -0.545. The molecule has 0 radical (unpaired) electrons. The zero-order chi connectivity index (χ0) is 22.6. The van der Waals surface area contributed by atoms with E-state index in [1.807, 2.05) is 36.9 Å². The van der Waals surface area contributed by atoms with Crippen LogP contribution in [0.4, 0.5) is 24.5 Å². The first kappa shape index (κ1) is 22.8. The van der Waals surface area contributed by atoms with Crippen molar-refractivity contribution in [1.29, 1.82) is 0 Å². The van der Waals surface area contributed by atoms with E-state index < -0.39 is 11.7 Å². The van der Waals surface area contributed by atoms with Crippen LogP contribution < -0.4 is 10.6 Å². The van der Waals surface area contributed by atoms with Crippen molar-refractivity contribution in [2.45, 2.75) is 32.9 Å². The van der Waals surface area contributed by atoms with Gasteiger partial charge in [0.25, 0.3) is 0 Å². The van der Waals surface area contributed by atoms with Crippen molar-refractivity contribution in [1.82, 2.24) is 4.90 Å². The Morgan fingerprint density at radius 3 is 2.13 bits per heavy atom. The third kappa shape index (κ3) is 6.30. The molecule has 1 saturated heterocycles. The maximum absolute atomic E-state index is 12.6. The number of carbonyl (C=O) groups is 2. The molecule has 0 atom stereocenters. The lowest BCUT2D eigenvalue weighted by Gasteiger charge is -2.30. The van der Waals surface area contributed by atoms with Crippen LogP contribution in [0.3, 0.4) is 0 Å². The van der Waals surface area contributed by atoms with Gasteiger partial charge in [0.15, 0.2) is 0 Å². The van der Waals surface area contributed by atoms with Crippen molar-refractivity contribution in [2.75, 3.05) is 30.3 Å². The average molecular weight is 433 g/mol. The number of carbonyl (C=O) groups excluding carboxylic acids is 2. The van der Waals surface area contributed by atoms with Gasteiger partial charge in [-0.1, -0.05) is 6.07 Å². The van der Waals surface area contributed by atoms with E-state index in [9.17, 15) is 22.8 Å². The molecule has 31 heavy (non-hydrogen) atoms. The van der Waals surface area contributed by atoms with Gasteiger partial charge in [0.2, 0.25) is 11.8 Å². The summed E-state index contributed by atoms with van der Waals surface area (Å²) in [6.07, 6.45) is -3.23. The Labute approximate surface area is 179 Å². The highest BCUT2D eigenvalue weighted by molar-refractivity contribution is 5.93. The fourth-order valence-electron chi connectivity index (χ4n) is 3.56. The largest absolute Gasteiger partial charge is 0.416 e. The maximum Gasteiger partial charge on any atom is 0.416 e. The van der Waals surface area contributed by atoms with Gasteiger partial charge in [-0.05, 0) is 87.3 Å². The van der Waals surface area contributed by atoms with E-state index in [-0.39, 0.29) is 24.3 Å². The highest BCUT2D eigenvalue weighted by Crippen LogP contribution is 2.30. The van der Waals surface area contributed by atoms with E-state index in [1.54, 1.807) is 0 Å². The number of nitrogens with zero attached hydrogens (tertiary/aromatic N) is 1. The predicted molar refractivity (Wildman–Crippen MR) is 114 cm³/mol. The Bertz CT molecular complexity index is 934. The van der Waals surface area contributed by atoms with Gasteiger partial charge >= 0.3 is 6.18 Å². The lowest BCUT2D eigenvalue weighted by atomic mass is 9.95. The Kier molecular flexibility index (Phi) is 7.00. The predicted octanol–water partition coefficient (Wildman–Crippen LogP) is 4.61. The number of piperidine rings is 1. The first-order valence-corrected chi connectivity index (χ1v) is 10.2. The van der Waals surface area contributed by atoms with Gasteiger partial charge in [-0.15, -0.1) is 0 Å². The number of amides is 2. The highest BCUT2D eigenvalue weighted by atomic mass is 19.4. The van der Waals surface area contributed by atoms with E-state index in [0.29, 0.717) is 31.6 Å². The normalized spacial score (nSPS) is 15.5. The molecular formula is C23H26F3N3O2. The number of rotatable bonds is 5. The van der Waals surface area contributed by atoms with E-state index in [1.165, 1.54) is 12.1 Å². The summed E-state index contributed by atoms with van der Waals surface area (Å²) in [7, 11) is 0. The first-order valence-electron chi connectivity index (χ1n) is 10.2. The Balaban J connectivity index is 1.44. The number of nitrogens with one attached hydrogen (secondary N) is 2. The molecule has 0 bridgehead atoms. The monoisotopic (exact) mass is 433 g/mol. The minimum absolute atomic E-state index is 0.101. The smallest absolute Gasteiger partial charge is 0.326 e. The standard InChI is InChI=1S/C23H26F3N3O2/c1-15-3-6-20(13-16(15)2)27-21(30)14-29-11-9-17(10-12-29)22(31)28-19-7-4-18(5-8-19)23(24,25)26/h3-8,13,17H,9-12,14H2,1-2H3,(H,27,30)(H,28,31). The zero-order valence-electron chi connectivity index (χ0n) is 17.6. The molecule has 0 unspecified atom stereocenters. The Morgan fingerprint density at radius 2 is 1.55 bits per heavy atom. The minimum Gasteiger partial charge on any atom is -0.326 e. The van der Waals surface area contributed by atoms with Crippen molar-refractivity contribution in [3.05, 3.63) is 59.2 Å². The maximum atomic E-state index is 12.6. The molecule has 8 heteroatoms. The van der Waals surface area contributed by atoms with E-state index >= 15 is 0 Å². The van der Waals surface area contributed by atoms with Gasteiger partial charge in [-0.25, -0.2) is 0 Å². The highest BCUT2D eigenvalue weighted by Gasteiger charge is 2.30. The summed E-state index contributed by atoms with van der Waals surface area (Å²) in [5.41, 5.74) is 2.62. The van der Waals surface area contributed by atoms with E-state index in [0.717, 1.165) is 28.9 Å². The van der Waals surface area contributed by atoms with Crippen LogP contribution in [-0.4, -0.2) is 36.3 Å². The van der Waals surface area contributed by atoms with Crippen molar-refractivity contribution in [2.24, 2.45) is 5.92 Å². The van der Waals surface area contributed by atoms with Crippen LogP contribution in [0.2, 0.25) is 0 Å². The topological polar surface area (TPSA) is 61.4 Å². The van der Waals surface area contributed by atoms with E-state index in [2.05, 4.69) is 10.6 Å². The average Bonchev–Trinajstić information content (AvgIpc) is 2.71. The van der Waals surface area contributed by atoms with Crippen LogP contribution in [0.1, 0.15) is 29.5 Å². The molecule has 5 nitrogen and oxygen atoms in total. The molecule has 2 N–H and O–H groups in total. The van der Waals surface area contributed by atoms with Gasteiger partial charge in [0.1, 0.15) is 0 Å². The van der Waals surface area contributed by atoms with Crippen molar-refractivity contribution < 1.29 is 22.8 Å². The second kappa shape index (κ2) is 9.51. The molecule has 0 saturated carbocycles. The van der Waals surface area contributed by atoms with Gasteiger partial charge < -0.3 is 10.6 Å². The summed E-state index contributed by atoms with van der Waals surface area (Å²) in [5, 5.41) is 5.58. The number of benzene rings is 2. The van der Waals surface area contributed by atoms with Crippen molar-refractivity contribution in [3.8, 4) is 0 Å². The lowest BCUT2D eigenvalue weighted by molar-refractivity contribution is -0.137. The van der Waals surface area contributed by atoms with Crippen molar-refractivity contribution >= 4 is 23.2 Å². The summed E-state index contributed by atoms with van der Waals surface area (Å²) < 4.78 is 37.9. The van der Waals surface area contributed by atoms with Gasteiger partial charge in [0, 0.05) is 17.3 Å². The van der Waals surface area contributed by atoms with Gasteiger partial charge in [-0.2, -0.15) is 13.2 Å². The molecule has 166 valence electrons. The van der Waals surface area contributed by atoms with Crippen LogP contribution in [0.25, 0.3) is 0 Å². The molecule has 2 aromatic rings. The number of anilines is 2. The van der Waals surface area contributed by atoms with Crippen LogP contribution in [-0.2, 0) is 15.8 Å². The molecule has 1 fully saturated rings. The Morgan fingerprint density at radius 1 is 0.935 bits per heavy atom. The second-order valence-electron chi connectivity index (χ2n) is 7.96. The number of hydrogen-bond acceptors (Lipinski definition) is 3. The van der Waals surface area contributed by atoms with Gasteiger partial charge in [-0.3, -0.25) is 14.5 Å². The second-order valence-corrected chi connectivity index (χ2v) is 7.96. The third-order valence-corrected chi connectivity index (χ3v) is 5.60. The molecule has 0 spiro atoms. The van der Waals surface area contributed by atoms with Crippen LogP contribution in [0.15, 0.2) is 42.5 Å². The molecular weight excluding hydrogens is 407 g/mol. The molecule has 2 amide bonds. The molecule has 0 aromatic heterocycles. The molecule has 1 heterocycles. The molecule has 0 aliphatic carbocycles. The Hall–Kier alpha value is -2.87. The minimum atomic E-state index is -4.40. The van der Waals surface area contributed by atoms with Gasteiger partial charge in [0.05, 0.1) is 12.1 Å². The van der Waals surface area contributed by atoms with E-state index in [4.69, 9.17) is 0 Å². The number of aryl methyl sites for hydroxylation is 2. The number of hydrogen-bond donors (Lipinski definition) is 2. The van der Waals surface area contributed by atoms with Crippen LogP contribution >= 0.6 is 0 Å². The van der Waals surface area contributed by atoms with Crippen molar-refractivity contribution in [3.63, 3.8) is 0 Å². The summed E-state index contributed by atoms with van der Waals surface area (Å²) in [6.45, 7) is 5.46. The molecule has 3 rings (SSSR count).